The molecule has 0 spiro atoms. The van der Waals surface area contributed by atoms with Gasteiger partial charge in [0.05, 0.1) is 17.8 Å². The third kappa shape index (κ3) is 2.82. The first-order chi connectivity index (χ1) is 13.3. The molecule has 0 saturated heterocycles. The number of thiocarbonyl (C=S) groups is 1. The van der Waals surface area contributed by atoms with Gasteiger partial charge in [-0.2, -0.15) is 5.10 Å². The molecule has 5 rings (SSSR count). The summed E-state index contributed by atoms with van der Waals surface area (Å²) in [6, 6.07) is 23.0. The molecule has 2 aromatic carbocycles. The van der Waals surface area contributed by atoms with E-state index in [9.17, 15) is 0 Å². The maximum Gasteiger partial charge on any atom is 0.137 e. The summed E-state index contributed by atoms with van der Waals surface area (Å²) in [5.74, 6) is 0.0313. The topological polar surface area (TPSA) is 41.7 Å². The van der Waals surface area contributed by atoms with Gasteiger partial charge in [-0.05, 0) is 34.9 Å². The van der Waals surface area contributed by atoms with E-state index in [1.165, 1.54) is 5.56 Å². The lowest BCUT2D eigenvalue weighted by Crippen LogP contribution is -2.15. The lowest BCUT2D eigenvalue weighted by molar-refractivity contribution is 1.07. The quantitative estimate of drug-likeness (QED) is 0.535. The molecular formula is C22H16N4S. The zero-order valence-electron chi connectivity index (χ0n) is 14.4. The van der Waals surface area contributed by atoms with Gasteiger partial charge in [0.2, 0.25) is 0 Å². The second kappa shape index (κ2) is 6.45. The number of hydrazone groups is 1. The van der Waals surface area contributed by atoms with Crippen LogP contribution < -0.4 is 5.43 Å². The highest BCUT2D eigenvalue weighted by molar-refractivity contribution is 7.80. The van der Waals surface area contributed by atoms with E-state index < -0.39 is 0 Å². The first-order valence-corrected chi connectivity index (χ1v) is 9.16. The molecule has 0 aliphatic carbocycles. The van der Waals surface area contributed by atoms with Crippen LogP contribution in [0.3, 0.4) is 0 Å². The Hall–Kier alpha value is -3.31. The van der Waals surface area contributed by atoms with Gasteiger partial charge in [-0.15, -0.1) is 0 Å². The van der Waals surface area contributed by atoms with E-state index in [1.807, 2.05) is 30.6 Å². The summed E-state index contributed by atoms with van der Waals surface area (Å²) in [4.78, 5) is 5.36. The minimum atomic E-state index is 0.0313. The van der Waals surface area contributed by atoms with Crippen molar-refractivity contribution < 1.29 is 0 Å². The average molecular weight is 368 g/mol. The number of nitrogens with zero attached hydrogens (tertiary/aromatic N) is 3. The largest absolute Gasteiger partial charge is 0.300 e. The molecule has 1 N–H and O–H groups in total. The number of imidazole rings is 1. The van der Waals surface area contributed by atoms with Crippen LogP contribution in [0.15, 0.2) is 84.2 Å². The van der Waals surface area contributed by atoms with E-state index in [0.29, 0.717) is 0 Å². The molecule has 4 aromatic rings. The van der Waals surface area contributed by atoms with Crippen LogP contribution >= 0.6 is 12.2 Å². The Bertz CT molecular complexity index is 1180. The lowest BCUT2D eigenvalue weighted by Gasteiger charge is -2.10. The number of hydrogen-bond donors (Lipinski definition) is 1. The SMILES string of the molecule is S=C1NN=CC1c1cccc(-c2cnc3cc(-c4ccccc4)ccn23)c1. The van der Waals surface area contributed by atoms with Crippen molar-refractivity contribution >= 4 is 29.1 Å². The third-order valence-electron chi connectivity index (χ3n) is 4.84. The van der Waals surface area contributed by atoms with Crippen molar-refractivity contribution in [2.45, 2.75) is 5.92 Å². The smallest absolute Gasteiger partial charge is 0.137 e. The van der Waals surface area contributed by atoms with Gasteiger partial charge in [0.1, 0.15) is 10.6 Å². The van der Waals surface area contributed by atoms with Gasteiger partial charge < -0.3 is 0 Å². The Kier molecular flexibility index (Phi) is 3.80. The molecule has 3 heterocycles. The summed E-state index contributed by atoms with van der Waals surface area (Å²) < 4.78 is 2.12. The molecule has 0 radical (unpaired) electrons. The summed E-state index contributed by atoms with van der Waals surface area (Å²) in [5.41, 5.74) is 9.42. The van der Waals surface area contributed by atoms with Crippen LogP contribution in [0.4, 0.5) is 0 Å². The zero-order chi connectivity index (χ0) is 18.2. The number of nitrogens with one attached hydrogen (secondary N) is 1. The number of aromatic nitrogens is 2. The predicted octanol–water partition coefficient (Wildman–Crippen LogP) is 4.67. The van der Waals surface area contributed by atoms with Gasteiger partial charge in [-0.3, -0.25) is 9.83 Å². The van der Waals surface area contributed by atoms with E-state index in [0.717, 1.165) is 33.0 Å². The molecule has 0 bridgehead atoms. The van der Waals surface area contributed by atoms with Crippen molar-refractivity contribution in [3.63, 3.8) is 0 Å². The average Bonchev–Trinajstić information content (AvgIpc) is 3.34. The van der Waals surface area contributed by atoms with Gasteiger partial charge in [0.15, 0.2) is 0 Å². The first kappa shape index (κ1) is 15.9. The minimum Gasteiger partial charge on any atom is -0.300 e. The second-order valence-corrected chi connectivity index (χ2v) is 6.95. The van der Waals surface area contributed by atoms with Crippen molar-refractivity contribution in [2.24, 2.45) is 5.10 Å². The summed E-state index contributed by atoms with van der Waals surface area (Å²) in [5, 5.41) is 4.07. The van der Waals surface area contributed by atoms with Gasteiger partial charge in [-0.1, -0.05) is 60.7 Å². The van der Waals surface area contributed by atoms with Crippen LogP contribution in [-0.4, -0.2) is 20.6 Å². The van der Waals surface area contributed by atoms with Crippen LogP contribution in [0.2, 0.25) is 0 Å². The number of rotatable bonds is 3. The lowest BCUT2D eigenvalue weighted by atomic mass is 9.98. The van der Waals surface area contributed by atoms with E-state index in [1.54, 1.807) is 0 Å². The summed E-state index contributed by atoms with van der Waals surface area (Å²) in [6.45, 7) is 0. The normalized spacial score (nSPS) is 16.0. The third-order valence-corrected chi connectivity index (χ3v) is 5.19. The van der Waals surface area contributed by atoms with Crippen LogP contribution in [0.25, 0.3) is 28.0 Å². The molecule has 0 fully saturated rings. The number of benzene rings is 2. The Labute approximate surface area is 162 Å². The van der Waals surface area contributed by atoms with Crippen LogP contribution in [0, 0.1) is 0 Å². The monoisotopic (exact) mass is 368 g/mol. The minimum absolute atomic E-state index is 0.0313. The zero-order valence-corrected chi connectivity index (χ0v) is 15.2. The Morgan fingerprint density at radius 1 is 0.889 bits per heavy atom. The summed E-state index contributed by atoms with van der Waals surface area (Å²) in [7, 11) is 0. The number of fused-ring (bicyclic) bond motifs is 1. The van der Waals surface area contributed by atoms with Crippen molar-refractivity contribution in [1.82, 2.24) is 14.8 Å². The molecular weight excluding hydrogens is 352 g/mol. The maximum absolute atomic E-state index is 5.35. The Morgan fingerprint density at radius 2 is 1.74 bits per heavy atom. The fourth-order valence-corrected chi connectivity index (χ4v) is 3.70. The van der Waals surface area contributed by atoms with Crippen LogP contribution in [0.5, 0.6) is 0 Å². The first-order valence-electron chi connectivity index (χ1n) is 8.75. The molecule has 130 valence electrons. The van der Waals surface area contributed by atoms with E-state index in [4.69, 9.17) is 12.2 Å². The van der Waals surface area contributed by atoms with Crippen molar-refractivity contribution in [3.05, 3.63) is 84.7 Å². The van der Waals surface area contributed by atoms with Gasteiger partial charge in [-0.25, -0.2) is 4.98 Å². The highest BCUT2D eigenvalue weighted by atomic mass is 32.1. The molecule has 27 heavy (non-hydrogen) atoms. The maximum atomic E-state index is 5.35. The van der Waals surface area contributed by atoms with Gasteiger partial charge in [0, 0.05) is 18.0 Å². The Morgan fingerprint density at radius 3 is 2.56 bits per heavy atom. The second-order valence-electron chi connectivity index (χ2n) is 6.51. The van der Waals surface area contributed by atoms with Crippen LogP contribution in [-0.2, 0) is 0 Å². The van der Waals surface area contributed by atoms with Crippen molar-refractivity contribution in [1.29, 1.82) is 0 Å². The van der Waals surface area contributed by atoms with E-state index in [-0.39, 0.29) is 5.92 Å². The molecule has 0 amide bonds. The molecule has 1 aliphatic rings. The Balaban J connectivity index is 1.56. The molecule has 1 aliphatic heterocycles. The molecule has 4 nitrogen and oxygen atoms in total. The van der Waals surface area contributed by atoms with E-state index in [2.05, 4.69) is 74.6 Å². The van der Waals surface area contributed by atoms with Crippen molar-refractivity contribution in [3.8, 4) is 22.4 Å². The fraction of sp³-hybridized carbons (Fsp3) is 0.0455. The predicted molar refractivity (Wildman–Crippen MR) is 113 cm³/mol. The summed E-state index contributed by atoms with van der Waals surface area (Å²) >= 11 is 5.35. The molecule has 1 atom stereocenters. The van der Waals surface area contributed by atoms with Gasteiger partial charge >= 0.3 is 0 Å². The molecule has 1 unspecified atom stereocenters. The molecule has 2 aromatic heterocycles. The van der Waals surface area contributed by atoms with E-state index >= 15 is 0 Å². The fourth-order valence-electron chi connectivity index (χ4n) is 3.45. The summed E-state index contributed by atoms with van der Waals surface area (Å²) in [6.07, 6.45) is 5.85. The number of hydrogen-bond acceptors (Lipinski definition) is 3. The molecule has 5 heteroatoms. The van der Waals surface area contributed by atoms with Gasteiger partial charge in [0.25, 0.3) is 0 Å². The van der Waals surface area contributed by atoms with Crippen LogP contribution in [0.1, 0.15) is 11.5 Å². The molecule has 0 saturated carbocycles. The van der Waals surface area contributed by atoms with Crippen molar-refractivity contribution in [2.75, 3.05) is 0 Å². The standard InChI is InChI=1S/C22H16N4S/c27-22-19(13-24-25-22)17-7-4-8-18(11-17)20-14-23-21-12-16(9-10-26(20)21)15-5-2-1-3-6-15/h1-14,19H,(H,25,27). The highest BCUT2D eigenvalue weighted by Gasteiger charge is 2.19. The number of pyridine rings is 1. The highest BCUT2D eigenvalue weighted by Crippen LogP contribution is 2.28.